The zero-order chi connectivity index (χ0) is 22.9. The average Bonchev–Trinajstić information content (AvgIpc) is 3.22. The molecule has 5 nitrogen and oxygen atoms in total. The Hall–Kier alpha value is -3.68. The third-order valence-electron chi connectivity index (χ3n) is 5.07. The predicted molar refractivity (Wildman–Crippen MR) is 114 cm³/mol. The van der Waals surface area contributed by atoms with E-state index in [2.05, 4.69) is 9.98 Å². The molecule has 8 heteroatoms. The number of rotatable bonds is 6. The van der Waals surface area contributed by atoms with Crippen LogP contribution in [-0.4, -0.2) is 35.2 Å². The fourth-order valence-electron chi connectivity index (χ4n) is 3.60. The number of pyridine rings is 1. The van der Waals surface area contributed by atoms with Gasteiger partial charge in [0.25, 0.3) is 5.91 Å². The number of amides is 1. The van der Waals surface area contributed by atoms with Gasteiger partial charge in [-0.3, -0.25) is 14.8 Å². The molecule has 2 heterocycles. The van der Waals surface area contributed by atoms with Gasteiger partial charge in [0.2, 0.25) is 0 Å². The summed E-state index contributed by atoms with van der Waals surface area (Å²) in [7, 11) is 1.62. The molecule has 0 aliphatic carbocycles. The molecule has 0 atom stereocenters. The number of aromatic nitrogens is 1. The minimum absolute atomic E-state index is 0.170. The van der Waals surface area contributed by atoms with Gasteiger partial charge in [-0.05, 0) is 47.0 Å². The van der Waals surface area contributed by atoms with Crippen LogP contribution >= 0.6 is 0 Å². The van der Waals surface area contributed by atoms with Crippen LogP contribution in [0.25, 0.3) is 11.1 Å². The summed E-state index contributed by atoms with van der Waals surface area (Å²) in [5.41, 5.74) is 3.59. The van der Waals surface area contributed by atoms with Gasteiger partial charge < -0.3 is 9.64 Å². The van der Waals surface area contributed by atoms with Gasteiger partial charge in [-0.2, -0.15) is 8.78 Å². The van der Waals surface area contributed by atoms with E-state index in [1.807, 2.05) is 0 Å². The van der Waals surface area contributed by atoms with Crippen molar-refractivity contribution in [2.45, 2.75) is 26.1 Å². The molecule has 0 saturated heterocycles. The molecule has 0 saturated carbocycles. The van der Waals surface area contributed by atoms with E-state index in [-0.39, 0.29) is 29.3 Å². The molecule has 0 fully saturated rings. The molecular weight excluding hydrogens is 419 g/mol. The first-order valence-corrected chi connectivity index (χ1v) is 9.89. The number of hydrogen-bond donors (Lipinski definition) is 0. The average molecular weight is 439 g/mol. The first kappa shape index (κ1) is 21.5. The molecule has 0 N–H and O–H groups in total. The zero-order valence-electron chi connectivity index (χ0n) is 17.5. The number of alkyl halides is 2. The second kappa shape index (κ2) is 8.45. The minimum Gasteiger partial charge on any atom is -0.432 e. The Morgan fingerprint density at radius 3 is 2.75 bits per heavy atom. The van der Waals surface area contributed by atoms with Crippen molar-refractivity contribution in [2.75, 3.05) is 7.05 Å². The Bertz CT molecular complexity index is 1210. The summed E-state index contributed by atoms with van der Waals surface area (Å²) in [6.45, 7) is 1.42. The summed E-state index contributed by atoms with van der Waals surface area (Å²) >= 11 is 0. The van der Waals surface area contributed by atoms with E-state index in [9.17, 15) is 18.0 Å². The van der Waals surface area contributed by atoms with Crippen molar-refractivity contribution >= 4 is 12.1 Å². The number of halogens is 3. The lowest BCUT2D eigenvalue weighted by Gasteiger charge is -2.21. The first-order chi connectivity index (χ1) is 15.2. The fraction of sp³-hybridized carbons (Fsp3) is 0.208. The molecule has 2 aromatic carbocycles. The summed E-state index contributed by atoms with van der Waals surface area (Å²) in [5.74, 6) is -1.10. The maximum Gasteiger partial charge on any atom is 0.394 e. The van der Waals surface area contributed by atoms with Gasteiger partial charge in [0.1, 0.15) is 11.6 Å². The Labute approximate surface area is 183 Å². The molecule has 4 rings (SSSR count). The van der Waals surface area contributed by atoms with Gasteiger partial charge in [-0.15, -0.1) is 0 Å². The second-order valence-corrected chi connectivity index (χ2v) is 7.63. The van der Waals surface area contributed by atoms with Gasteiger partial charge in [0.15, 0.2) is 0 Å². The molecule has 1 aliphatic heterocycles. The van der Waals surface area contributed by atoms with E-state index in [1.165, 1.54) is 41.3 Å². The van der Waals surface area contributed by atoms with Crippen LogP contribution in [0.3, 0.4) is 0 Å². The number of benzene rings is 2. The number of nitrogens with zero attached hydrogens (tertiary/aromatic N) is 3. The third kappa shape index (κ3) is 4.64. The molecule has 164 valence electrons. The molecule has 3 aromatic rings. The molecular formula is C24H20F3N3O2. The first-order valence-electron chi connectivity index (χ1n) is 9.89. The van der Waals surface area contributed by atoms with Crippen molar-refractivity contribution in [3.8, 4) is 16.9 Å². The standard InChI is InChI=1S/C24H20F3N3O2/c1-24(26,27)32-22-9-16(6-7-20(22)15-4-3-5-19(25)8-15)23(31)30(2)14-18-12-28-10-17-11-29-13-21(17)18/h3-12H,13-14H2,1-2H3. The van der Waals surface area contributed by atoms with E-state index in [0.29, 0.717) is 19.0 Å². The van der Waals surface area contributed by atoms with Crippen LogP contribution in [0.1, 0.15) is 34.0 Å². The highest BCUT2D eigenvalue weighted by Gasteiger charge is 2.26. The molecule has 1 aromatic heterocycles. The molecule has 0 bridgehead atoms. The van der Waals surface area contributed by atoms with Crippen molar-refractivity contribution in [2.24, 2.45) is 4.99 Å². The number of aliphatic imine (C=N–C) groups is 1. The zero-order valence-corrected chi connectivity index (χ0v) is 17.5. The molecule has 32 heavy (non-hydrogen) atoms. The molecule has 0 unspecified atom stereocenters. The van der Waals surface area contributed by atoms with Gasteiger partial charge in [-0.1, -0.05) is 12.1 Å². The summed E-state index contributed by atoms with van der Waals surface area (Å²) < 4.78 is 45.9. The van der Waals surface area contributed by atoms with Crippen molar-refractivity contribution in [1.82, 2.24) is 9.88 Å². The van der Waals surface area contributed by atoms with Crippen LogP contribution in [0.4, 0.5) is 13.2 Å². The Morgan fingerprint density at radius 1 is 1.19 bits per heavy atom. The summed E-state index contributed by atoms with van der Waals surface area (Å²) in [4.78, 5) is 22.9. The SMILES string of the molecule is CN(Cc1cncc2c1CN=C2)C(=O)c1ccc(-c2cccc(F)c2)c(OC(C)(F)F)c1. The lowest BCUT2D eigenvalue weighted by molar-refractivity contribution is -0.158. The summed E-state index contributed by atoms with van der Waals surface area (Å²) in [6.07, 6.45) is 1.67. The van der Waals surface area contributed by atoms with Crippen LogP contribution in [0.2, 0.25) is 0 Å². The van der Waals surface area contributed by atoms with Crippen molar-refractivity contribution < 1.29 is 22.7 Å². The Morgan fingerprint density at radius 2 is 2.00 bits per heavy atom. The van der Waals surface area contributed by atoms with Crippen LogP contribution in [0, 0.1) is 5.82 Å². The van der Waals surface area contributed by atoms with Crippen molar-refractivity contribution in [1.29, 1.82) is 0 Å². The predicted octanol–water partition coefficient (Wildman–Crippen LogP) is 5.08. The maximum absolute atomic E-state index is 13.7. The van der Waals surface area contributed by atoms with Gasteiger partial charge in [-0.25, -0.2) is 4.39 Å². The van der Waals surface area contributed by atoms with E-state index < -0.39 is 11.9 Å². The van der Waals surface area contributed by atoms with Crippen LogP contribution in [-0.2, 0) is 13.1 Å². The van der Waals surface area contributed by atoms with Crippen molar-refractivity contribution in [3.63, 3.8) is 0 Å². The number of carbonyl (C=O) groups excluding carboxylic acids is 1. The normalized spacial score (nSPS) is 12.5. The Kier molecular flexibility index (Phi) is 5.69. The van der Waals surface area contributed by atoms with E-state index >= 15 is 0 Å². The van der Waals surface area contributed by atoms with Crippen LogP contribution in [0.15, 0.2) is 59.9 Å². The smallest absolute Gasteiger partial charge is 0.394 e. The largest absolute Gasteiger partial charge is 0.432 e. The number of fused-ring (bicyclic) bond motifs is 1. The number of hydrogen-bond acceptors (Lipinski definition) is 4. The van der Waals surface area contributed by atoms with E-state index in [1.54, 1.807) is 31.7 Å². The quantitative estimate of drug-likeness (QED) is 0.538. The van der Waals surface area contributed by atoms with Crippen molar-refractivity contribution in [3.05, 3.63) is 82.9 Å². The van der Waals surface area contributed by atoms with Gasteiger partial charge in [0, 0.05) is 55.8 Å². The lowest BCUT2D eigenvalue weighted by atomic mass is 10.0. The monoisotopic (exact) mass is 439 g/mol. The number of ether oxygens (including phenoxy) is 1. The minimum atomic E-state index is -3.48. The lowest BCUT2D eigenvalue weighted by Crippen LogP contribution is -2.27. The van der Waals surface area contributed by atoms with E-state index in [4.69, 9.17) is 4.74 Å². The molecule has 1 aliphatic rings. The van der Waals surface area contributed by atoms with Crippen LogP contribution in [0.5, 0.6) is 5.75 Å². The van der Waals surface area contributed by atoms with Gasteiger partial charge in [0.05, 0.1) is 6.54 Å². The van der Waals surface area contributed by atoms with Gasteiger partial charge >= 0.3 is 6.11 Å². The second-order valence-electron chi connectivity index (χ2n) is 7.63. The highest BCUT2D eigenvalue weighted by molar-refractivity contribution is 5.95. The number of carbonyl (C=O) groups is 1. The fourth-order valence-corrected chi connectivity index (χ4v) is 3.60. The molecule has 0 spiro atoms. The highest BCUT2D eigenvalue weighted by atomic mass is 19.3. The third-order valence-corrected chi connectivity index (χ3v) is 5.07. The topological polar surface area (TPSA) is 54.8 Å². The summed E-state index contributed by atoms with van der Waals surface area (Å²) in [6, 6.07) is 9.77. The molecule has 1 amide bonds. The maximum atomic E-state index is 13.7. The Balaban J connectivity index is 1.63. The highest BCUT2D eigenvalue weighted by Crippen LogP contribution is 2.35. The van der Waals surface area contributed by atoms with E-state index in [0.717, 1.165) is 16.7 Å². The van der Waals surface area contributed by atoms with Crippen LogP contribution < -0.4 is 4.74 Å². The molecule has 0 radical (unpaired) electrons. The summed E-state index contributed by atoms with van der Waals surface area (Å²) in [5, 5.41) is 0.